The van der Waals surface area contributed by atoms with Gasteiger partial charge in [0.15, 0.2) is 11.6 Å². The van der Waals surface area contributed by atoms with E-state index in [0.29, 0.717) is 34.0 Å². The molecule has 0 radical (unpaired) electrons. The average molecular weight is 574 g/mol. The summed E-state index contributed by atoms with van der Waals surface area (Å²) in [6.45, 7) is 3.80. The Hall–Kier alpha value is -3.29. The first-order valence-corrected chi connectivity index (χ1v) is 15.7. The Bertz CT molecular complexity index is 1860. The smallest absolute Gasteiger partial charge is 0.326 e. The van der Waals surface area contributed by atoms with Crippen LogP contribution in [0.15, 0.2) is 72.1 Å². The van der Waals surface area contributed by atoms with Crippen LogP contribution in [0.5, 0.6) is 5.75 Å². The monoisotopic (exact) mass is 573 g/mol. The van der Waals surface area contributed by atoms with Crippen molar-refractivity contribution in [1.29, 1.82) is 0 Å². The van der Waals surface area contributed by atoms with E-state index in [1.165, 1.54) is 20.8 Å². The van der Waals surface area contributed by atoms with E-state index in [4.69, 9.17) is 4.74 Å². The Labute approximate surface area is 224 Å². The quantitative estimate of drug-likeness (QED) is 0.237. The van der Waals surface area contributed by atoms with Gasteiger partial charge >= 0.3 is 10.1 Å². The number of benzene rings is 3. The first kappa shape index (κ1) is 26.3. The number of hydrogen-bond donors (Lipinski definition) is 2. The normalized spacial score (nSPS) is 15.4. The third-order valence-electron chi connectivity index (χ3n) is 6.09. The molecule has 12 heteroatoms. The van der Waals surface area contributed by atoms with Crippen LogP contribution in [0.1, 0.15) is 23.9 Å². The molecule has 38 heavy (non-hydrogen) atoms. The lowest BCUT2D eigenvalue weighted by molar-refractivity contribution is -0.649. The van der Waals surface area contributed by atoms with Gasteiger partial charge in [0, 0.05) is 18.2 Å². The van der Waals surface area contributed by atoms with E-state index < -0.39 is 32.0 Å². The van der Waals surface area contributed by atoms with Gasteiger partial charge in [-0.2, -0.15) is 21.4 Å². The number of rotatable bonds is 7. The highest BCUT2D eigenvalue weighted by molar-refractivity contribution is 7.85. The SMILES string of the molecule is CCC(=Cc1sc2ccc(C)cc2[n+]1CS(=O)(=O)O)C=C1Oc2cc3ccccc3cc2N1CS(=O)(=O)O. The summed E-state index contributed by atoms with van der Waals surface area (Å²) in [6, 6.07) is 16.9. The van der Waals surface area contributed by atoms with Crippen molar-refractivity contribution in [3.8, 4) is 5.75 Å². The number of hydrogen-bond acceptors (Lipinski definition) is 7. The van der Waals surface area contributed by atoms with Gasteiger partial charge < -0.3 is 4.74 Å². The summed E-state index contributed by atoms with van der Waals surface area (Å²) < 4.78 is 75.1. The molecule has 1 aliphatic rings. The Morgan fingerprint density at radius 1 is 1.03 bits per heavy atom. The Morgan fingerprint density at radius 2 is 1.74 bits per heavy atom. The van der Waals surface area contributed by atoms with Gasteiger partial charge in [0.25, 0.3) is 21.0 Å². The minimum atomic E-state index is -4.40. The zero-order chi connectivity index (χ0) is 27.2. The van der Waals surface area contributed by atoms with Crippen LogP contribution in [0.4, 0.5) is 5.69 Å². The zero-order valence-corrected chi connectivity index (χ0v) is 23.0. The predicted octanol–water partition coefficient (Wildman–Crippen LogP) is 4.87. The summed E-state index contributed by atoms with van der Waals surface area (Å²) in [6.07, 6.45) is 3.96. The summed E-state index contributed by atoms with van der Waals surface area (Å²) in [5, 5.41) is 2.38. The predicted molar refractivity (Wildman–Crippen MR) is 148 cm³/mol. The molecule has 0 bridgehead atoms. The third-order valence-corrected chi connectivity index (χ3v) is 8.38. The Balaban J connectivity index is 1.63. The maximum Gasteiger partial charge on any atom is 0.326 e. The fourth-order valence-corrected chi connectivity index (χ4v) is 6.77. The Kier molecular flexibility index (Phi) is 6.78. The van der Waals surface area contributed by atoms with E-state index >= 15 is 0 Å². The van der Waals surface area contributed by atoms with E-state index in [1.54, 1.807) is 18.2 Å². The van der Waals surface area contributed by atoms with Crippen molar-refractivity contribution in [3.63, 3.8) is 0 Å². The van der Waals surface area contributed by atoms with E-state index in [-0.39, 0.29) is 5.88 Å². The van der Waals surface area contributed by atoms with Gasteiger partial charge in [-0.3, -0.25) is 14.0 Å². The summed E-state index contributed by atoms with van der Waals surface area (Å²) >= 11 is 1.37. The number of ether oxygens (including phenoxy) is 1. The van der Waals surface area contributed by atoms with Crippen LogP contribution in [0.3, 0.4) is 0 Å². The number of fused-ring (bicyclic) bond motifs is 3. The summed E-state index contributed by atoms with van der Waals surface area (Å²) in [5.41, 5.74) is 2.83. The molecule has 1 aliphatic heterocycles. The molecular formula is C26H25N2O7S3+. The lowest BCUT2D eigenvalue weighted by Crippen LogP contribution is -2.39. The second kappa shape index (κ2) is 9.79. The highest BCUT2D eigenvalue weighted by Gasteiger charge is 2.31. The van der Waals surface area contributed by atoms with Crippen LogP contribution in [-0.4, -0.2) is 31.8 Å². The molecule has 198 valence electrons. The molecule has 4 aromatic rings. The average Bonchev–Trinajstić information content (AvgIpc) is 3.31. The van der Waals surface area contributed by atoms with Crippen molar-refractivity contribution in [2.45, 2.75) is 26.1 Å². The molecule has 0 fully saturated rings. The number of anilines is 1. The van der Waals surface area contributed by atoms with Crippen LogP contribution >= 0.6 is 11.3 Å². The van der Waals surface area contributed by atoms with Gasteiger partial charge in [-0.25, -0.2) is 0 Å². The molecule has 9 nitrogen and oxygen atoms in total. The van der Waals surface area contributed by atoms with Crippen LogP contribution in [0, 0.1) is 6.92 Å². The van der Waals surface area contributed by atoms with E-state index in [2.05, 4.69) is 0 Å². The van der Waals surface area contributed by atoms with Crippen LogP contribution in [0.2, 0.25) is 0 Å². The molecule has 2 heterocycles. The fraction of sp³-hybridized carbons (Fsp3) is 0.192. The van der Waals surface area contributed by atoms with E-state index in [0.717, 1.165) is 21.0 Å². The van der Waals surface area contributed by atoms with Crippen LogP contribution < -0.4 is 14.2 Å². The molecule has 0 unspecified atom stereocenters. The first-order valence-electron chi connectivity index (χ1n) is 11.6. The molecule has 0 atom stereocenters. The van der Waals surface area contributed by atoms with Crippen molar-refractivity contribution < 1.29 is 35.2 Å². The Morgan fingerprint density at radius 3 is 2.39 bits per heavy atom. The van der Waals surface area contributed by atoms with Gasteiger partial charge in [0.05, 0.1) is 5.69 Å². The van der Waals surface area contributed by atoms with Gasteiger partial charge in [0.2, 0.25) is 11.4 Å². The van der Waals surface area contributed by atoms with Gasteiger partial charge in [-0.05, 0) is 53.5 Å². The lowest BCUT2D eigenvalue weighted by atomic mass is 10.1. The topological polar surface area (TPSA) is 125 Å². The summed E-state index contributed by atoms with van der Waals surface area (Å²) in [4.78, 5) is 1.39. The van der Waals surface area contributed by atoms with E-state index in [9.17, 15) is 25.9 Å². The maximum absolute atomic E-state index is 11.9. The first-order chi connectivity index (χ1) is 17.9. The highest BCUT2D eigenvalue weighted by Crippen LogP contribution is 2.42. The van der Waals surface area contributed by atoms with Crippen molar-refractivity contribution in [3.05, 3.63) is 82.7 Å². The van der Waals surface area contributed by atoms with Crippen molar-refractivity contribution in [2.24, 2.45) is 0 Å². The highest BCUT2D eigenvalue weighted by atomic mass is 32.2. The second-order valence-corrected chi connectivity index (χ2v) is 12.9. The van der Waals surface area contributed by atoms with Crippen molar-refractivity contribution in [1.82, 2.24) is 0 Å². The summed E-state index contributed by atoms with van der Waals surface area (Å²) in [7, 11) is -8.72. The van der Waals surface area contributed by atoms with Gasteiger partial charge in [-0.15, -0.1) is 0 Å². The van der Waals surface area contributed by atoms with E-state index in [1.807, 2.05) is 62.4 Å². The number of allylic oxidation sites excluding steroid dienone is 2. The molecule has 2 N–H and O–H groups in total. The third kappa shape index (κ3) is 5.59. The zero-order valence-electron chi connectivity index (χ0n) is 20.5. The minimum absolute atomic E-state index is 0.208. The number of thiazole rings is 1. The number of aromatic nitrogens is 1. The molecule has 0 saturated heterocycles. The molecule has 0 amide bonds. The van der Waals surface area contributed by atoms with Crippen molar-refractivity contribution in [2.75, 3.05) is 10.8 Å². The van der Waals surface area contributed by atoms with Crippen LogP contribution in [0.25, 0.3) is 27.1 Å². The standard InChI is InChI=1S/C26H24N2O7S3/c1-3-18(12-26-28(16-38(32,33)34)22-10-17(2)8-9-24(22)36-26)11-25-27(15-37(29,30)31)21-13-19-6-4-5-7-20(19)14-23(21)35-25/h4-14H,3,15-16H2,1-2H3,(H-,29,30,31,32,33,34)/p+1. The molecule has 0 saturated carbocycles. The minimum Gasteiger partial charge on any atom is -0.439 e. The molecule has 0 spiro atoms. The van der Waals surface area contributed by atoms with Crippen molar-refractivity contribution >= 4 is 64.3 Å². The van der Waals surface area contributed by atoms with Crippen LogP contribution in [-0.2, 0) is 26.1 Å². The lowest BCUT2D eigenvalue weighted by Gasteiger charge is -2.17. The molecule has 3 aromatic carbocycles. The molecule has 5 rings (SSSR count). The number of nitrogens with zero attached hydrogens (tertiary/aromatic N) is 2. The maximum atomic E-state index is 11.9. The van der Waals surface area contributed by atoms with Gasteiger partial charge in [-0.1, -0.05) is 48.6 Å². The number of aryl methyl sites for hydroxylation is 1. The van der Waals surface area contributed by atoms with Gasteiger partial charge in [0.1, 0.15) is 4.70 Å². The fourth-order valence-electron chi connectivity index (χ4n) is 4.37. The molecular weight excluding hydrogens is 548 g/mol. The molecule has 0 aliphatic carbocycles. The second-order valence-electron chi connectivity index (χ2n) is 9.01. The summed E-state index contributed by atoms with van der Waals surface area (Å²) in [5.74, 6) is -0.655. The molecule has 1 aromatic heterocycles. The largest absolute Gasteiger partial charge is 0.439 e.